The topological polar surface area (TPSA) is 8.81 Å². The van der Waals surface area contributed by atoms with Gasteiger partial charge in [-0.2, -0.15) is 0 Å². The molecule has 0 N–H and O–H groups in total. The van der Waals surface area contributed by atoms with Crippen molar-refractivity contribution in [3.8, 4) is 0 Å². The summed E-state index contributed by atoms with van der Waals surface area (Å²) in [4.78, 5) is 0. The van der Waals surface area contributed by atoms with Crippen molar-refractivity contribution in [1.82, 2.24) is 4.57 Å². The highest BCUT2D eigenvalue weighted by Crippen LogP contribution is 2.11. The summed E-state index contributed by atoms with van der Waals surface area (Å²) in [5.74, 6) is 2.08. The molecular weight excluding hydrogens is 196 g/mol. The van der Waals surface area contributed by atoms with Crippen LogP contribution in [0.25, 0.3) is 0 Å². The minimum absolute atomic E-state index is 0.612. The number of hydrogen-bond donors (Lipinski definition) is 0. The van der Waals surface area contributed by atoms with Crippen LogP contribution >= 0.6 is 0 Å². The van der Waals surface area contributed by atoms with Crippen molar-refractivity contribution in [3.63, 3.8) is 0 Å². The Bertz CT molecular complexity index is 300. The first kappa shape index (κ1) is 13.3. The third-order valence-corrected chi connectivity index (χ3v) is 3.12. The van der Waals surface area contributed by atoms with Crippen LogP contribution < -0.4 is 4.57 Å². The molecule has 0 spiro atoms. The van der Waals surface area contributed by atoms with E-state index in [0.717, 1.165) is 6.54 Å². The second-order valence-electron chi connectivity index (χ2n) is 4.85. The van der Waals surface area contributed by atoms with E-state index in [2.05, 4.69) is 49.2 Å². The lowest BCUT2D eigenvalue weighted by Gasteiger charge is -2.06. The van der Waals surface area contributed by atoms with Gasteiger partial charge in [-0.1, -0.05) is 33.6 Å². The van der Waals surface area contributed by atoms with Crippen LogP contribution in [0.15, 0.2) is 12.4 Å². The molecule has 0 saturated heterocycles. The van der Waals surface area contributed by atoms with Gasteiger partial charge in [-0.3, -0.25) is 0 Å². The molecule has 0 aliphatic rings. The normalized spacial score (nSPS) is 11.3. The monoisotopic (exact) mass is 223 g/mol. The molecule has 0 radical (unpaired) electrons. The van der Waals surface area contributed by atoms with Crippen molar-refractivity contribution in [2.45, 2.75) is 72.4 Å². The molecule has 0 aliphatic carbocycles. The number of rotatable bonds is 7. The average molecular weight is 223 g/mol. The maximum absolute atomic E-state index is 2.43. The Labute approximate surface area is 100 Å². The molecule has 0 bridgehead atoms. The van der Waals surface area contributed by atoms with Crippen LogP contribution in [0.2, 0.25) is 0 Å². The molecule has 1 aromatic rings. The molecule has 0 fully saturated rings. The van der Waals surface area contributed by atoms with E-state index in [1.165, 1.54) is 38.1 Å². The fourth-order valence-corrected chi connectivity index (χ4v) is 2.31. The van der Waals surface area contributed by atoms with Gasteiger partial charge >= 0.3 is 0 Å². The molecule has 92 valence electrons. The lowest BCUT2D eigenvalue weighted by Crippen LogP contribution is -2.37. The largest absolute Gasteiger partial charge is 0.258 e. The smallest absolute Gasteiger partial charge is 0.234 e. The molecule has 0 amide bonds. The summed E-state index contributed by atoms with van der Waals surface area (Å²) in [6.07, 6.45) is 9.81. The summed E-state index contributed by atoms with van der Waals surface area (Å²) >= 11 is 0. The molecule has 1 aromatic heterocycles. The zero-order chi connectivity index (χ0) is 12.0. The van der Waals surface area contributed by atoms with Crippen molar-refractivity contribution in [2.24, 2.45) is 0 Å². The number of imidazole rings is 1. The average Bonchev–Trinajstić information content (AvgIpc) is 2.67. The highest BCUT2D eigenvalue weighted by atomic mass is 15.1. The zero-order valence-corrected chi connectivity index (χ0v) is 11.4. The Morgan fingerprint density at radius 2 is 1.94 bits per heavy atom. The highest BCUT2D eigenvalue weighted by molar-refractivity contribution is 4.89. The van der Waals surface area contributed by atoms with E-state index in [1.807, 2.05) is 0 Å². The van der Waals surface area contributed by atoms with E-state index in [1.54, 1.807) is 0 Å². The third-order valence-electron chi connectivity index (χ3n) is 3.12. The van der Waals surface area contributed by atoms with E-state index in [4.69, 9.17) is 0 Å². The van der Waals surface area contributed by atoms with Gasteiger partial charge in [-0.05, 0) is 19.8 Å². The molecule has 0 unspecified atom stereocenters. The molecule has 2 heteroatoms. The van der Waals surface area contributed by atoms with E-state index >= 15 is 0 Å². The van der Waals surface area contributed by atoms with Gasteiger partial charge < -0.3 is 0 Å². The molecule has 0 aromatic carbocycles. The van der Waals surface area contributed by atoms with E-state index in [9.17, 15) is 0 Å². The summed E-state index contributed by atoms with van der Waals surface area (Å²) in [6.45, 7) is 11.3. The fourth-order valence-electron chi connectivity index (χ4n) is 2.31. The summed E-state index contributed by atoms with van der Waals surface area (Å²) in [6, 6.07) is 0. The van der Waals surface area contributed by atoms with Gasteiger partial charge in [0, 0.05) is 0 Å². The molecule has 1 rings (SSSR count). The number of hydrogen-bond acceptors (Lipinski definition) is 0. The summed E-state index contributed by atoms with van der Waals surface area (Å²) in [5.41, 5.74) is 0. The predicted octanol–water partition coefficient (Wildman–Crippen LogP) is 3.50. The fraction of sp³-hybridized carbons (Fsp3) is 0.786. The van der Waals surface area contributed by atoms with Gasteiger partial charge in [0.1, 0.15) is 12.4 Å². The predicted molar refractivity (Wildman–Crippen MR) is 68.5 cm³/mol. The summed E-state index contributed by atoms with van der Waals surface area (Å²) in [7, 11) is 0. The quantitative estimate of drug-likeness (QED) is 0.494. The van der Waals surface area contributed by atoms with Crippen molar-refractivity contribution < 1.29 is 4.57 Å². The number of aryl methyl sites for hydroxylation is 2. The lowest BCUT2D eigenvalue weighted by molar-refractivity contribution is -0.705. The van der Waals surface area contributed by atoms with Crippen LogP contribution in [0.5, 0.6) is 0 Å². The van der Waals surface area contributed by atoms with Gasteiger partial charge in [0.25, 0.3) is 5.82 Å². The molecule has 0 atom stereocenters. The molecule has 0 saturated carbocycles. The van der Waals surface area contributed by atoms with Crippen LogP contribution in [0.1, 0.15) is 65.1 Å². The first-order valence-corrected chi connectivity index (χ1v) is 6.79. The van der Waals surface area contributed by atoms with E-state index in [0.29, 0.717) is 5.92 Å². The maximum Gasteiger partial charge on any atom is 0.258 e. The van der Waals surface area contributed by atoms with Crippen LogP contribution in [0.3, 0.4) is 0 Å². The molecule has 1 heterocycles. The Morgan fingerprint density at radius 1 is 1.19 bits per heavy atom. The Morgan fingerprint density at radius 3 is 2.50 bits per heavy atom. The number of nitrogens with zero attached hydrogens (tertiary/aromatic N) is 2. The van der Waals surface area contributed by atoms with Crippen molar-refractivity contribution in [3.05, 3.63) is 18.2 Å². The van der Waals surface area contributed by atoms with Crippen LogP contribution in [-0.2, 0) is 13.1 Å². The molecular formula is C14H27N2+. The molecule has 0 aliphatic heterocycles. The minimum Gasteiger partial charge on any atom is -0.234 e. The highest BCUT2D eigenvalue weighted by Gasteiger charge is 2.18. The maximum atomic E-state index is 2.43. The second-order valence-corrected chi connectivity index (χ2v) is 4.85. The lowest BCUT2D eigenvalue weighted by atomic mass is 10.2. The summed E-state index contributed by atoms with van der Waals surface area (Å²) in [5, 5.41) is 0. The van der Waals surface area contributed by atoms with Crippen molar-refractivity contribution in [2.75, 3.05) is 0 Å². The van der Waals surface area contributed by atoms with Gasteiger partial charge in [-0.15, -0.1) is 0 Å². The van der Waals surface area contributed by atoms with E-state index in [-0.39, 0.29) is 0 Å². The number of aromatic nitrogens is 2. The van der Waals surface area contributed by atoms with Crippen LogP contribution in [0.4, 0.5) is 0 Å². The Hall–Kier alpha value is -0.790. The van der Waals surface area contributed by atoms with Crippen molar-refractivity contribution >= 4 is 0 Å². The third kappa shape index (κ3) is 3.36. The van der Waals surface area contributed by atoms with E-state index < -0.39 is 0 Å². The molecule has 2 nitrogen and oxygen atoms in total. The van der Waals surface area contributed by atoms with Gasteiger partial charge in [0.15, 0.2) is 0 Å². The first-order valence-electron chi connectivity index (χ1n) is 6.79. The number of unbranched alkanes of at least 4 members (excludes halogenated alkanes) is 3. The van der Waals surface area contributed by atoms with Crippen LogP contribution in [0, 0.1) is 0 Å². The van der Waals surface area contributed by atoms with Gasteiger partial charge in [0.2, 0.25) is 0 Å². The summed E-state index contributed by atoms with van der Waals surface area (Å²) < 4.78 is 4.80. The Kier molecular flexibility index (Phi) is 5.58. The second kappa shape index (κ2) is 6.72. The van der Waals surface area contributed by atoms with Gasteiger partial charge in [0.05, 0.1) is 19.0 Å². The van der Waals surface area contributed by atoms with Crippen LogP contribution in [-0.4, -0.2) is 4.57 Å². The first-order chi connectivity index (χ1) is 7.70. The standard InChI is InChI=1S/C14H27N2/c1-5-7-8-9-10-16-12-11-15(6-2)14(16)13(3)4/h11-13H,5-10H2,1-4H3/q+1. The van der Waals surface area contributed by atoms with Gasteiger partial charge in [-0.25, -0.2) is 9.13 Å². The molecule has 16 heavy (non-hydrogen) atoms. The minimum atomic E-state index is 0.612. The SMILES string of the molecule is CCCCCC[n+]1ccn(CC)c1C(C)C. The Balaban J connectivity index is 2.61. The zero-order valence-electron chi connectivity index (χ0n) is 11.4. The van der Waals surface area contributed by atoms with Crippen molar-refractivity contribution in [1.29, 1.82) is 0 Å².